The van der Waals surface area contributed by atoms with Crippen LogP contribution < -0.4 is 4.74 Å². The molecule has 0 saturated carbocycles. The highest BCUT2D eigenvalue weighted by atomic mass is 79.9. The van der Waals surface area contributed by atoms with Crippen molar-refractivity contribution in [3.8, 4) is 5.75 Å². The Labute approximate surface area is 559 Å². The Hall–Kier alpha value is -3.67. The maximum absolute atomic E-state index is 13.0. The molecule has 2 aromatic rings. The average molecular weight is 1350 g/mol. The van der Waals surface area contributed by atoms with Crippen molar-refractivity contribution in [1.29, 1.82) is 0 Å². The molecule has 90 heavy (non-hydrogen) atoms. The summed E-state index contributed by atoms with van der Waals surface area (Å²) in [6.45, 7) is 15.6. The topological polar surface area (TPSA) is 166 Å². The van der Waals surface area contributed by atoms with Gasteiger partial charge in [-0.2, -0.15) is 0 Å². The van der Waals surface area contributed by atoms with Crippen molar-refractivity contribution < 1.29 is 61.9 Å². The largest absolute Gasteiger partial charge is 0.508 e. The Bertz CT molecular complexity index is 2010. The summed E-state index contributed by atoms with van der Waals surface area (Å²) in [5.41, 5.74) is 0. The van der Waals surface area contributed by atoms with Crippen LogP contribution in [0.1, 0.15) is 307 Å². The standard InChI is InChI=1S/C73H127BrN2O13S/c1-5-8-11-14-17-20-27-39-55-84-71(79)87-58-42-31-24-35-49-75(48-34-23-30-38-54-83-70(78)47-46-66(77)69-62-64-61-67(82-4)65(74)63-68(64)90-69)52-45-53-76(50-36-25-32-43-59-88-72(80)85-56-40-28-21-18-15-12-9-6-2)51-37-26-33-44-60-89-73(81)86-57-41-29-22-19-16-13-10-7-3/h61-63H,5-60H2,1-4H3. The van der Waals surface area contributed by atoms with Gasteiger partial charge >= 0.3 is 24.4 Å². The summed E-state index contributed by atoms with van der Waals surface area (Å²) in [6, 6.07) is 5.72. The van der Waals surface area contributed by atoms with Crippen molar-refractivity contribution in [3.05, 3.63) is 27.5 Å². The van der Waals surface area contributed by atoms with Crippen molar-refractivity contribution in [2.45, 2.75) is 297 Å². The number of ketones is 1. The number of hydrogen-bond donors (Lipinski definition) is 0. The van der Waals surface area contributed by atoms with Crippen LogP contribution in [0, 0.1) is 0 Å². The summed E-state index contributed by atoms with van der Waals surface area (Å²) in [6.07, 6.45) is 44.1. The van der Waals surface area contributed by atoms with Crippen LogP contribution in [0.3, 0.4) is 0 Å². The predicted molar refractivity (Wildman–Crippen MR) is 372 cm³/mol. The van der Waals surface area contributed by atoms with Crippen LogP contribution >= 0.6 is 27.3 Å². The van der Waals surface area contributed by atoms with E-state index >= 15 is 0 Å². The molecule has 0 amide bonds. The van der Waals surface area contributed by atoms with Crippen LogP contribution in [0.5, 0.6) is 5.75 Å². The summed E-state index contributed by atoms with van der Waals surface area (Å²) in [4.78, 5) is 68.1. The molecule has 1 heterocycles. The average Bonchev–Trinajstić information content (AvgIpc) is 2.37. The van der Waals surface area contributed by atoms with E-state index in [9.17, 15) is 24.0 Å². The first-order valence-corrected chi connectivity index (χ1v) is 38.0. The number of rotatable bonds is 64. The van der Waals surface area contributed by atoms with Crippen molar-refractivity contribution in [2.75, 3.05) is 92.6 Å². The van der Waals surface area contributed by atoms with E-state index in [1.54, 1.807) is 7.11 Å². The molecule has 1 aromatic carbocycles. The van der Waals surface area contributed by atoms with Gasteiger partial charge in [-0.3, -0.25) is 9.59 Å². The molecule has 0 aliphatic heterocycles. The zero-order valence-corrected chi connectivity index (χ0v) is 59.7. The van der Waals surface area contributed by atoms with Gasteiger partial charge < -0.3 is 47.7 Å². The van der Waals surface area contributed by atoms with E-state index in [-0.39, 0.29) is 24.6 Å². The first-order valence-electron chi connectivity index (χ1n) is 36.4. The molecule has 17 heteroatoms. The van der Waals surface area contributed by atoms with Crippen molar-refractivity contribution in [3.63, 3.8) is 0 Å². The van der Waals surface area contributed by atoms with Gasteiger partial charge in [-0.05, 0) is 156 Å². The highest BCUT2D eigenvalue weighted by Gasteiger charge is 2.16. The van der Waals surface area contributed by atoms with E-state index in [2.05, 4.69) is 46.5 Å². The Balaban J connectivity index is 1.85. The van der Waals surface area contributed by atoms with Crippen LogP contribution in [-0.4, -0.2) is 133 Å². The third-order valence-corrected chi connectivity index (χ3v) is 18.4. The minimum atomic E-state index is -0.552. The smallest absolute Gasteiger partial charge is 0.496 e. The molecule has 0 bridgehead atoms. The molecule has 0 aliphatic rings. The van der Waals surface area contributed by atoms with Gasteiger partial charge in [0.15, 0.2) is 5.78 Å². The summed E-state index contributed by atoms with van der Waals surface area (Å²) in [7, 11) is 1.61. The number of Topliss-reactive ketones (excluding diaryl/α,β-unsaturated/α-hetero) is 1. The summed E-state index contributed by atoms with van der Waals surface area (Å²) >= 11 is 4.94. The lowest BCUT2D eigenvalue weighted by atomic mass is 10.1. The maximum atomic E-state index is 13.0. The summed E-state index contributed by atoms with van der Waals surface area (Å²) in [5, 5.41) is 0.938. The Morgan fingerprint density at radius 1 is 0.356 bits per heavy atom. The molecular formula is C73H127BrN2O13S. The number of carbonyl (C=O) groups excluding carboxylic acids is 5. The first-order chi connectivity index (χ1) is 44.1. The van der Waals surface area contributed by atoms with Gasteiger partial charge in [0.2, 0.25) is 0 Å². The molecule has 0 spiro atoms. The lowest BCUT2D eigenvalue weighted by Crippen LogP contribution is -2.32. The second-order valence-corrected chi connectivity index (χ2v) is 26.7. The van der Waals surface area contributed by atoms with Gasteiger partial charge in [0, 0.05) is 11.1 Å². The van der Waals surface area contributed by atoms with Gasteiger partial charge in [0.1, 0.15) is 5.75 Å². The lowest BCUT2D eigenvalue weighted by molar-refractivity contribution is -0.143. The molecule has 2 rings (SSSR count). The molecule has 0 radical (unpaired) electrons. The highest BCUT2D eigenvalue weighted by molar-refractivity contribution is 9.10. The number of carbonyl (C=O) groups is 5. The molecule has 15 nitrogen and oxygen atoms in total. The van der Waals surface area contributed by atoms with Crippen LogP contribution in [0.4, 0.5) is 14.4 Å². The number of hydrogen-bond acceptors (Lipinski definition) is 16. The molecule has 1 aromatic heterocycles. The van der Waals surface area contributed by atoms with Crippen molar-refractivity contribution >= 4 is 67.6 Å². The number of halogens is 1. The number of unbranched alkanes of at least 4 members (excludes halogenated alkanes) is 33. The van der Waals surface area contributed by atoms with Gasteiger partial charge in [-0.25, -0.2) is 14.4 Å². The minimum Gasteiger partial charge on any atom is -0.496 e. The fourth-order valence-corrected chi connectivity index (χ4v) is 12.8. The fourth-order valence-electron chi connectivity index (χ4n) is 11.1. The molecule has 0 fully saturated rings. The van der Waals surface area contributed by atoms with Gasteiger partial charge in [0.05, 0.1) is 69.1 Å². The van der Waals surface area contributed by atoms with Crippen molar-refractivity contribution in [1.82, 2.24) is 9.80 Å². The minimum absolute atomic E-state index is 0.0621. The highest BCUT2D eigenvalue weighted by Crippen LogP contribution is 2.35. The number of ether oxygens (including phenoxy) is 8. The van der Waals surface area contributed by atoms with E-state index in [0.29, 0.717) is 56.9 Å². The number of esters is 1. The Morgan fingerprint density at radius 2 is 0.644 bits per heavy atom. The van der Waals surface area contributed by atoms with E-state index in [1.165, 1.54) is 127 Å². The second-order valence-electron chi connectivity index (χ2n) is 24.7. The van der Waals surface area contributed by atoms with E-state index < -0.39 is 18.5 Å². The van der Waals surface area contributed by atoms with Crippen LogP contribution in [-0.2, 0) is 38.0 Å². The zero-order chi connectivity index (χ0) is 65.0. The van der Waals surface area contributed by atoms with Crippen LogP contribution in [0.25, 0.3) is 10.1 Å². The van der Waals surface area contributed by atoms with E-state index in [1.807, 2.05) is 18.2 Å². The molecule has 0 aliphatic carbocycles. The zero-order valence-electron chi connectivity index (χ0n) is 57.3. The molecular weight excluding hydrogens is 1220 g/mol. The predicted octanol–water partition coefficient (Wildman–Crippen LogP) is 21.3. The molecule has 0 unspecified atom stereocenters. The number of nitrogens with zero attached hydrogens (tertiary/aromatic N) is 2. The molecule has 520 valence electrons. The summed E-state index contributed by atoms with van der Waals surface area (Å²) < 4.78 is 45.0. The normalized spacial score (nSPS) is 11.4. The van der Waals surface area contributed by atoms with E-state index in [4.69, 9.17) is 37.9 Å². The molecule has 0 saturated heterocycles. The first kappa shape index (κ1) is 82.4. The number of thiophene rings is 1. The molecule has 0 atom stereocenters. The second kappa shape index (κ2) is 60.3. The summed E-state index contributed by atoms with van der Waals surface area (Å²) in [5.74, 6) is 0.309. The van der Waals surface area contributed by atoms with Gasteiger partial charge in [-0.1, -0.05) is 207 Å². The lowest BCUT2D eigenvalue weighted by Gasteiger charge is -2.26. The Morgan fingerprint density at radius 3 is 0.967 bits per heavy atom. The van der Waals surface area contributed by atoms with Crippen molar-refractivity contribution in [2.24, 2.45) is 0 Å². The van der Waals surface area contributed by atoms with E-state index in [0.717, 1.165) is 202 Å². The maximum Gasteiger partial charge on any atom is 0.508 e. The SMILES string of the molecule is CCCCCCCCCCOC(=O)OCCCCCCN(CCCCCCOC(=O)CCC(=O)c1cc2cc(OC)c(Br)cc2s1)CCCN(CCCCCCOC(=O)OCCCCCCCCCC)CCCCCCOC(=O)OCCCCCCCCCC. The Kier molecular flexibility index (Phi) is 55.2. The number of benzene rings is 1. The monoisotopic (exact) mass is 1350 g/mol. The van der Waals surface area contributed by atoms with Gasteiger partial charge in [-0.15, -0.1) is 11.3 Å². The number of methoxy groups -OCH3 is 1. The fraction of sp³-hybridized carbons (Fsp3) is 0.822. The third-order valence-electron chi connectivity index (χ3n) is 16.6. The molecule has 0 N–H and O–H groups in total. The number of fused-ring (bicyclic) bond motifs is 1. The third kappa shape index (κ3) is 48.1. The quantitative estimate of drug-likeness (QED) is 0.0265. The van der Waals surface area contributed by atoms with Crippen LogP contribution in [0.2, 0.25) is 0 Å². The van der Waals surface area contributed by atoms with Gasteiger partial charge in [0.25, 0.3) is 0 Å². The van der Waals surface area contributed by atoms with Crippen LogP contribution in [0.15, 0.2) is 22.7 Å².